The van der Waals surface area contributed by atoms with Crippen LogP contribution in [0.4, 0.5) is 0 Å². The maximum Gasteiger partial charge on any atom is 0.111 e. The molecule has 1 N–H and O–H groups in total. The van der Waals surface area contributed by atoms with Gasteiger partial charge < -0.3 is 14.6 Å². The van der Waals surface area contributed by atoms with E-state index >= 15 is 0 Å². The Labute approximate surface area is 127 Å². The Morgan fingerprint density at radius 3 is 2.62 bits per heavy atom. The second-order valence-corrected chi connectivity index (χ2v) is 5.26. The first-order chi connectivity index (χ1) is 10.2. The first-order valence-corrected chi connectivity index (χ1v) is 7.98. The molecule has 0 saturated carbocycles. The normalized spacial score (nSPS) is 14.5. The van der Waals surface area contributed by atoms with E-state index in [0.717, 1.165) is 37.3 Å². The van der Waals surface area contributed by atoms with Gasteiger partial charge in [-0.2, -0.15) is 0 Å². The van der Waals surface area contributed by atoms with Gasteiger partial charge >= 0.3 is 0 Å². The Hall–Kier alpha value is -1.39. The summed E-state index contributed by atoms with van der Waals surface area (Å²) in [4.78, 5) is 4.82. The quantitative estimate of drug-likeness (QED) is 0.812. The van der Waals surface area contributed by atoms with Gasteiger partial charge in [-0.25, -0.2) is 4.98 Å². The summed E-state index contributed by atoms with van der Waals surface area (Å²) < 4.78 is 8.17. The van der Waals surface area contributed by atoms with Crippen molar-refractivity contribution < 1.29 is 4.74 Å². The van der Waals surface area contributed by atoms with Gasteiger partial charge in [0.15, 0.2) is 0 Å². The van der Waals surface area contributed by atoms with Crippen molar-refractivity contribution in [3.8, 4) is 0 Å². The molecule has 0 bridgehead atoms. The molecule has 0 fully saturated rings. The number of nitrogens with one attached hydrogen (secondary N) is 1. The summed E-state index contributed by atoms with van der Waals surface area (Å²) in [5, 5.41) is 3.40. The minimum absolute atomic E-state index is 0.227. The van der Waals surface area contributed by atoms with Crippen LogP contribution in [0.2, 0.25) is 0 Å². The Balaban J connectivity index is 2.28. The number of aryl methyl sites for hydroxylation is 1. The van der Waals surface area contributed by atoms with E-state index in [1.807, 2.05) is 13.1 Å². The van der Waals surface area contributed by atoms with Gasteiger partial charge in [-0.3, -0.25) is 0 Å². The van der Waals surface area contributed by atoms with E-state index in [4.69, 9.17) is 9.72 Å². The van der Waals surface area contributed by atoms with Crippen LogP contribution < -0.4 is 5.32 Å². The minimum Gasteiger partial charge on any atom is -0.377 e. The predicted molar refractivity (Wildman–Crippen MR) is 87.7 cm³/mol. The second-order valence-electron chi connectivity index (χ2n) is 5.26. The van der Waals surface area contributed by atoms with Crippen LogP contribution >= 0.6 is 0 Å². The van der Waals surface area contributed by atoms with Crippen molar-refractivity contribution in [2.75, 3.05) is 13.7 Å². The minimum atomic E-state index is 0.227. The third kappa shape index (κ3) is 3.44. The maximum atomic E-state index is 5.86. The molecular weight excluding hydrogens is 262 g/mol. The highest BCUT2D eigenvalue weighted by Crippen LogP contribution is 2.18. The standard InChI is InChI=1S/C17H27N3O/c1-5-16(21-7-3)14(18-4)12-17-19-13-10-8-9-11-15(13)20(17)6-2/h8-11,14,16,18H,5-7,12H2,1-4H3. The van der Waals surface area contributed by atoms with E-state index < -0.39 is 0 Å². The first-order valence-electron chi connectivity index (χ1n) is 7.98. The Kier molecular flexibility index (Phi) is 5.76. The molecule has 0 aliphatic carbocycles. The Morgan fingerprint density at radius 1 is 1.24 bits per heavy atom. The van der Waals surface area contributed by atoms with Crippen LogP contribution in [0.3, 0.4) is 0 Å². The smallest absolute Gasteiger partial charge is 0.111 e. The van der Waals surface area contributed by atoms with Gasteiger partial charge in [0.05, 0.1) is 17.1 Å². The van der Waals surface area contributed by atoms with Gasteiger partial charge in [-0.05, 0) is 39.4 Å². The third-order valence-electron chi connectivity index (χ3n) is 4.06. The van der Waals surface area contributed by atoms with Gasteiger partial charge in [-0.1, -0.05) is 19.1 Å². The number of rotatable bonds is 8. The first kappa shape index (κ1) is 16.0. The molecule has 2 rings (SSSR count). The lowest BCUT2D eigenvalue weighted by Crippen LogP contribution is -2.41. The molecule has 1 aromatic carbocycles. The van der Waals surface area contributed by atoms with Crippen molar-refractivity contribution in [3.05, 3.63) is 30.1 Å². The van der Waals surface area contributed by atoms with E-state index in [9.17, 15) is 0 Å². The summed E-state index contributed by atoms with van der Waals surface area (Å²) in [6.07, 6.45) is 2.12. The molecule has 2 atom stereocenters. The number of hydrogen-bond donors (Lipinski definition) is 1. The lowest BCUT2D eigenvalue weighted by Gasteiger charge is -2.25. The number of fused-ring (bicyclic) bond motifs is 1. The molecule has 4 heteroatoms. The molecule has 0 amide bonds. The van der Waals surface area contributed by atoms with E-state index in [1.165, 1.54) is 5.52 Å². The van der Waals surface area contributed by atoms with Gasteiger partial charge in [0.2, 0.25) is 0 Å². The summed E-state index contributed by atoms with van der Waals surface area (Å²) in [6.45, 7) is 8.09. The zero-order valence-corrected chi connectivity index (χ0v) is 13.6. The molecule has 0 saturated heterocycles. The molecule has 116 valence electrons. The van der Waals surface area contributed by atoms with E-state index in [1.54, 1.807) is 0 Å². The highest BCUT2D eigenvalue weighted by molar-refractivity contribution is 5.75. The van der Waals surface area contributed by atoms with Crippen LogP contribution in [0.25, 0.3) is 11.0 Å². The number of imidazole rings is 1. The van der Waals surface area contributed by atoms with Crippen molar-refractivity contribution in [2.45, 2.75) is 52.3 Å². The molecule has 4 nitrogen and oxygen atoms in total. The molecule has 0 spiro atoms. The zero-order valence-electron chi connectivity index (χ0n) is 13.6. The fourth-order valence-corrected chi connectivity index (χ4v) is 2.98. The molecule has 21 heavy (non-hydrogen) atoms. The van der Waals surface area contributed by atoms with E-state index in [-0.39, 0.29) is 12.1 Å². The molecule has 1 aromatic heterocycles. The predicted octanol–water partition coefficient (Wildman–Crippen LogP) is 3.00. The number of likely N-dealkylation sites (N-methyl/N-ethyl adjacent to an activating group) is 1. The van der Waals surface area contributed by atoms with Crippen LogP contribution in [-0.4, -0.2) is 35.4 Å². The third-order valence-corrected chi connectivity index (χ3v) is 4.06. The summed E-state index contributed by atoms with van der Waals surface area (Å²) in [5.74, 6) is 1.14. The SMILES string of the molecule is CCOC(CC)C(Cc1nc2ccccc2n1CC)NC. The largest absolute Gasteiger partial charge is 0.377 e. The molecule has 0 aliphatic heterocycles. The van der Waals surface area contributed by atoms with Crippen molar-refractivity contribution in [1.82, 2.24) is 14.9 Å². The summed E-state index contributed by atoms with van der Waals surface area (Å²) in [5.41, 5.74) is 2.29. The number of hydrogen-bond acceptors (Lipinski definition) is 3. The van der Waals surface area contributed by atoms with Crippen molar-refractivity contribution in [2.24, 2.45) is 0 Å². The number of benzene rings is 1. The molecule has 2 unspecified atom stereocenters. The molecular formula is C17H27N3O. The average molecular weight is 289 g/mol. The molecule has 0 aliphatic rings. The molecule has 2 aromatic rings. The highest BCUT2D eigenvalue weighted by Gasteiger charge is 2.22. The second kappa shape index (κ2) is 7.57. The van der Waals surface area contributed by atoms with Crippen LogP contribution in [0.1, 0.15) is 33.0 Å². The van der Waals surface area contributed by atoms with E-state index in [2.05, 4.69) is 48.9 Å². The monoisotopic (exact) mass is 289 g/mol. The number of aromatic nitrogens is 2. The van der Waals surface area contributed by atoms with Gasteiger partial charge in [-0.15, -0.1) is 0 Å². The lowest BCUT2D eigenvalue weighted by atomic mass is 10.0. The van der Waals surface area contributed by atoms with Crippen LogP contribution in [0.5, 0.6) is 0 Å². The summed E-state index contributed by atoms with van der Waals surface area (Å²) in [7, 11) is 2.01. The summed E-state index contributed by atoms with van der Waals surface area (Å²) in [6, 6.07) is 8.63. The Bertz CT molecular complexity index is 564. The summed E-state index contributed by atoms with van der Waals surface area (Å²) >= 11 is 0. The topological polar surface area (TPSA) is 39.1 Å². The number of ether oxygens (including phenoxy) is 1. The van der Waals surface area contributed by atoms with Gasteiger partial charge in [0, 0.05) is 25.6 Å². The average Bonchev–Trinajstić information content (AvgIpc) is 2.87. The molecule has 0 radical (unpaired) electrons. The molecule has 1 heterocycles. The highest BCUT2D eigenvalue weighted by atomic mass is 16.5. The zero-order chi connectivity index (χ0) is 15.2. The van der Waals surface area contributed by atoms with Crippen molar-refractivity contribution in [3.63, 3.8) is 0 Å². The fourth-order valence-electron chi connectivity index (χ4n) is 2.98. The fraction of sp³-hybridized carbons (Fsp3) is 0.588. The Morgan fingerprint density at radius 2 is 2.00 bits per heavy atom. The van der Waals surface area contributed by atoms with E-state index in [0.29, 0.717) is 0 Å². The van der Waals surface area contributed by atoms with Crippen LogP contribution in [0, 0.1) is 0 Å². The van der Waals surface area contributed by atoms with Crippen LogP contribution in [0.15, 0.2) is 24.3 Å². The van der Waals surface area contributed by atoms with Gasteiger partial charge in [0.1, 0.15) is 5.82 Å². The van der Waals surface area contributed by atoms with Crippen molar-refractivity contribution >= 4 is 11.0 Å². The van der Waals surface area contributed by atoms with Crippen molar-refractivity contribution in [1.29, 1.82) is 0 Å². The lowest BCUT2D eigenvalue weighted by molar-refractivity contribution is 0.0332. The van der Waals surface area contributed by atoms with Gasteiger partial charge in [0.25, 0.3) is 0 Å². The number of para-hydroxylation sites is 2. The van der Waals surface area contributed by atoms with Crippen LogP contribution in [-0.2, 0) is 17.7 Å². The maximum absolute atomic E-state index is 5.86. The number of nitrogens with zero attached hydrogens (tertiary/aromatic N) is 2.